The molecule has 27 heavy (non-hydrogen) atoms. The average molecular weight is 387 g/mol. The second kappa shape index (κ2) is 21.0. The number of amides is 1. The summed E-state index contributed by atoms with van der Waals surface area (Å²) in [6.45, 7) is 2.73. The maximum absolute atomic E-state index is 11.6. The molecule has 0 saturated carbocycles. The van der Waals surface area contributed by atoms with E-state index in [4.69, 9.17) is 0 Å². The summed E-state index contributed by atoms with van der Waals surface area (Å²) in [5.41, 5.74) is 0. The van der Waals surface area contributed by atoms with Crippen LogP contribution in [0.15, 0.2) is 0 Å². The normalized spacial score (nSPS) is 10.7. The number of hydrogen-bond acceptors (Lipinski definition) is 4. The van der Waals surface area contributed by atoms with Crippen LogP contribution in [-0.2, 0) is 9.63 Å². The summed E-state index contributed by atoms with van der Waals surface area (Å²) in [7, 11) is 0. The lowest BCUT2D eigenvalue weighted by Crippen LogP contribution is -2.25. The Kier molecular flexibility index (Phi) is 19.9. The van der Waals surface area contributed by atoms with Crippen molar-refractivity contribution in [1.29, 1.82) is 0 Å². The van der Waals surface area contributed by atoms with Gasteiger partial charge in [-0.1, -0.05) is 96.8 Å². The molecule has 0 fully saturated rings. The molecule has 0 aliphatic heterocycles. The van der Waals surface area contributed by atoms with Crippen LogP contribution in [0.3, 0.4) is 0 Å². The van der Waals surface area contributed by atoms with Gasteiger partial charge in [-0.05, 0) is 12.8 Å². The molecule has 6 heteroatoms. The van der Waals surface area contributed by atoms with E-state index in [9.17, 15) is 14.9 Å². The summed E-state index contributed by atoms with van der Waals surface area (Å²) in [4.78, 5) is 25.7. The molecule has 0 radical (unpaired) electrons. The predicted octanol–water partition coefficient (Wildman–Crippen LogP) is 5.96. The smallest absolute Gasteiger partial charge is 0.294 e. The standard InChI is InChI=1S/C21H42N2O4/c1-2-3-4-5-6-7-8-9-10-11-12-13-14-15-16-18-21(24)22-19-17-20-27-23(25)26/h2-20H2,1H3,(H,22,24). The summed E-state index contributed by atoms with van der Waals surface area (Å²) < 4.78 is 0. The Hall–Kier alpha value is -1.33. The second-order valence-corrected chi connectivity index (χ2v) is 7.46. The second-order valence-electron chi connectivity index (χ2n) is 7.46. The van der Waals surface area contributed by atoms with Crippen LogP contribution in [-0.4, -0.2) is 24.1 Å². The molecule has 0 heterocycles. The Morgan fingerprint density at radius 1 is 0.778 bits per heavy atom. The van der Waals surface area contributed by atoms with E-state index in [0.717, 1.165) is 12.8 Å². The van der Waals surface area contributed by atoms with Crippen LogP contribution in [0.25, 0.3) is 0 Å². The highest BCUT2D eigenvalue weighted by atomic mass is 16.9. The molecule has 0 aliphatic rings. The first-order chi connectivity index (χ1) is 13.2. The van der Waals surface area contributed by atoms with Gasteiger partial charge in [-0.2, -0.15) is 0 Å². The Morgan fingerprint density at radius 3 is 1.67 bits per heavy atom. The van der Waals surface area contributed by atoms with Crippen molar-refractivity contribution >= 4 is 5.91 Å². The molecule has 0 bridgehead atoms. The number of unbranched alkanes of at least 4 members (excludes halogenated alkanes) is 14. The highest BCUT2D eigenvalue weighted by Gasteiger charge is 2.01. The summed E-state index contributed by atoms with van der Waals surface area (Å²) in [6.07, 6.45) is 20.7. The number of rotatable bonds is 21. The molecule has 0 aromatic carbocycles. The topological polar surface area (TPSA) is 81.5 Å². The van der Waals surface area contributed by atoms with Gasteiger partial charge < -0.3 is 10.2 Å². The zero-order valence-corrected chi connectivity index (χ0v) is 17.5. The predicted molar refractivity (Wildman–Crippen MR) is 110 cm³/mol. The fraction of sp³-hybridized carbons (Fsp3) is 0.952. The minimum absolute atomic E-state index is 0.0331. The molecular formula is C21H42N2O4. The highest BCUT2D eigenvalue weighted by Crippen LogP contribution is 2.13. The van der Waals surface area contributed by atoms with Crippen molar-refractivity contribution in [2.45, 2.75) is 116 Å². The lowest BCUT2D eigenvalue weighted by Gasteiger charge is -2.05. The quantitative estimate of drug-likeness (QED) is 0.150. The van der Waals surface area contributed by atoms with Crippen LogP contribution in [0, 0.1) is 10.1 Å². The third-order valence-corrected chi connectivity index (χ3v) is 4.85. The van der Waals surface area contributed by atoms with Crippen molar-refractivity contribution in [3.8, 4) is 0 Å². The van der Waals surface area contributed by atoms with Crippen molar-refractivity contribution in [1.82, 2.24) is 5.32 Å². The van der Waals surface area contributed by atoms with Crippen molar-refractivity contribution < 1.29 is 14.7 Å². The number of nitrogens with zero attached hydrogens (tertiary/aromatic N) is 1. The SMILES string of the molecule is CCCCCCCCCCCCCCCCCC(=O)NCCCO[N+](=O)[O-]. The van der Waals surface area contributed by atoms with Crippen LogP contribution < -0.4 is 5.32 Å². The van der Waals surface area contributed by atoms with Gasteiger partial charge in [0.2, 0.25) is 5.91 Å². The van der Waals surface area contributed by atoms with E-state index >= 15 is 0 Å². The summed E-state index contributed by atoms with van der Waals surface area (Å²) in [5, 5.41) is 11.9. The molecule has 6 nitrogen and oxygen atoms in total. The van der Waals surface area contributed by atoms with E-state index in [0.29, 0.717) is 19.4 Å². The molecule has 0 aromatic heterocycles. The maximum atomic E-state index is 11.6. The van der Waals surface area contributed by atoms with E-state index in [1.165, 1.54) is 83.5 Å². The lowest BCUT2D eigenvalue weighted by atomic mass is 10.0. The van der Waals surface area contributed by atoms with Crippen molar-refractivity contribution in [2.75, 3.05) is 13.2 Å². The first kappa shape index (κ1) is 25.7. The van der Waals surface area contributed by atoms with Gasteiger partial charge in [0, 0.05) is 13.0 Å². The van der Waals surface area contributed by atoms with Gasteiger partial charge in [0.25, 0.3) is 5.09 Å². The first-order valence-corrected chi connectivity index (χ1v) is 11.2. The molecule has 0 rings (SSSR count). The number of carbonyl (C=O) groups excluding carboxylic acids is 1. The van der Waals surface area contributed by atoms with Crippen LogP contribution in [0.5, 0.6) is 0 Å². The van der Waals surface area contributed by atoms with Crippen LogP contribution >= 0.6 is 0 Å². The molecule has 1 N–H and O–H groups in total. The van der Waals surface area contributed by atoms with Gasteiger partial charge in [0.15, 0.2) is 0 Å². The van der Waals surface area contributed by atoms with Crippen molar-refractivity contribution in [3.63, 3.8) is 0 Å². The van der Waals surface area contributed by atoms with Crippen LogP contribution in [0.4, 0.5) is 0 Å². The molecule has 0 aliphatic carbocycles. The molecule has 0 aromatic rings. The molecule has 0 spiro atoms. The maximum Gasteiger partial charge on any atom is 0.294 e. The van der Waals surface area contributed by atoms with E-state index in [2.05, 4.69) is 17.1 Å². The Labute approximate surface area is 165 Å². The largest absolute Gasteiger partial charge is 0.356 e. The number of nitrogens with one attached hydrogen (secondary N) is 1. The Balaban J connectivity index is 3.13. The molecular weight excluding hydrogens is 344 g/mol. The third kappa shape index (κ3) is 22.6. The summed E-state index contributed by atoms with van der Waals surface area (Å²) in [6, 6.07) is 0. The van der Waals surface area contributed by atoms with Gasteiger partial charge in [-0.25, -0.2) is 0 Å². The molecule has 0 atom stereocenters. The Bertz CT molecular complexity index is 351. The lowest BCUT2D eigenvalue weighted by molar-refractivity contribution is -0.757. The highest BCUT2D eigenvalue weighted by molar-refractivity contribution is 5.75. The summed E-state index contributed by atoms with van der Waals surface area (Å²) >= 11 is 0. The zero-order chi connectivity index (χ0) is 20.0. The minimum atomic E-state index is -0.808. The summed E-state index contributed by atoms with van der Waals surface area (Å²) in [5.74, 6) is 0.0331. The first-order valence-electron chi connectivity index (χ1n) is 11.2. The van der Waals surface area contributed by atoms with E-state index in [-0.39, 0.29) is 12.5 Å². The number of carbonyl (C=O) groups is 1. The average Bonchev–Trinajstić information content (AvgIpc) is 2.64. The fourth-order valence-electron chi connectivity index (χ4n) is 3.18. The van der Waals surface area contributed by atoms with Crippen molar-refractivity contribution in [3.05, 3.63) is 10.1 Å². The number of hydrogen-bond donors (Lipinski definition) is 1. The van der Waals surface area contributed by atoms with Crippen LogP contribution in [0.1, 0.15) is 116 Å². The van der Waals surface area contributed by atoms with Gasteiger partial charge in [0.05, 0.1) is 6.61 Å². The van der Waals surface area contributed by atoms with Gasteiger partial charge >= 0.3 is 0 Å². The minimum Gasteiger partial charge on any atom is -0.356 e. The molecule has 1 amide bonds. The van der Waals surface area contributed by atoms with Crippen LogP contribution in [0.2, 0.25) is 0 Å². The van der Waals surface area contributed by atoms with Gasteiger partial charge in [-0.15, -0.1) is 10.1 Å². The molecule has 0 saturated heterocycles. The van der Waals surface area contributed by atoms with Crippen molar-refractivity contribution in [2.24, 2.45) is 0 Å². The van der Waals surface area contributed by atoms with Gasteiger partial charge in [0.1, 0.15) is 0 Å². The van der Waals surface area contributed by atoms with E-state index < -0.39 is 5.09 Å². The van der Waals surface area contributed by atoms with Gasteiger partial charge in [-0.3, -0.25) is 4.79 Å². The monoisotopic (exact) mass is 386 g/mol. The molecule has 160 valence electrons. The zero-order valence-electron chi connectivity index (χ0n) is 17.5. The fourth-order valence-corrected chi connectivity index (χ4v) is 3.18. The molecule has 0 unspecified atom stereocenters. The van der Waals surface area contributed by atoms with E-state index in [1.807, 2.05) is 0 Å². The van der Waals surface area contributed by atoms with E-state index in [1.54, 1.807) is 0 Å². The third-order valence-electron chi connectivity index (χ3n) is 4.85. The Morgan fingerprint density at radius 2 is 1.22 bits per heavy atom.